The number of thioether (sulfide) groups is 1. The highest BCUT2D eigenvalue weighted by atomic mass is 32.2. The van der Waals surface area contributed by atoms with Crippen LogP contribution in [0.2, 0.25) is 0 Å². The van der Waals surface area contributed by atoms with Gasteiger partial charge in [-0.2, -0.15) is 0 Å². The van der Waals surface area contributed by atoms with Gasteiger partial charge in [0, 0.05) is 16.3 Å². The number of methoxy groups -OCH3 is 1. The van der Waals surface area contributed by atoms with Gasteiger partial charge in [0.05, 0.1) is 13.5 Å². The van der Waals surface area contributed by atoms with E-state index in [1.807, 2.05) is 6.07 Å². The van der Waals surface area contributed by atoms with E-state index in [1.54, 1.807) is 19.2 Å². The number of carboxylic acid groups (broad SMARTS) is 1. The summed E-state index contributed by atoms with van der Waals surface area (Å²) in [6.45, 7) is 0. The largest absolute Gasteiger partial charge is 0.497 e. The third-order valence-corrected chi connectivity index (χ3v) is 2.87. The Balaban J connectivity index is 2.62. The van der Waals surface area contributed by atoms with Gasteiger partial charge in [-0.3, -0.25) is 4.79 Å². The number of hydrogen-bond acceptors (Lipinski definition) is 4. The van der Waals surface area contributed by atoms with Gasteiger partial charge < -0.3 is 15.6 Å². The van der Waals surface area contributed by atoms with E-state index in [2.05, 4.69) is 0 Å². The molecule has 0 spiro atoms. The summed E-state index contributed by atoms with van der Waals surface area (Å²) in [7, 11) is 1.58. The van der Waals surface area contributed by atoms with Gasteiger partial charge in [-0.25, -0.2) is 0 Å². The first kappa shape index (κ1) is 11.7. The molecule has 0 heterocycles. The third kappa shape index (κ3) is 3.71. The minimum atomic E-state index is -0.802. The van der Waals surface area contributed by atoms with Gasteiger partial charge in [-0.1, -0.05) is 0 Å². The molecule has 1 rings (SSSR count). The lowest BCUT2D eigenvalue weighted by molar-refractivity contribution is -0.136. The van der Waals surface area contributed by atoms with Crippen molar-refractivity contribution in [1.29, 1.82) is 0 Å². The maximum Gasteiger partial charge on any atom is 0.304 e. The Hall–Kier alpha value is -1.36. The van der Waals surface area contributed by atoms with Crippen LogP contribution >= 0.6 is 11.8 Å². The van der Waals surface area contributed by atoms with E-state index in [1.165, 1.54) is 11.8 Å². The third-order valence-electron chi connectivity index (χ3n) is 1.79. The Morgan fingerprint density at radius 3 is 2.93 bits per heavy atom. The SMILES string of the molecule is COc1ccc(N)c(SCCC(=O)O)c1. The van der Waals surface area contributed by atoms with E-state index in [0.29, 0.717) is 11.4 Å². The van der Waals surface area contributed by atoms with E-state index in [4.69, 9.17) is 15.6 Å². The zero-order valence-electron chi connectivity index (χ0n) is 8.40. The summed E-state index contributed by atoms with van der Waals surface area (Å²) >= 11 is 1.42. The van der Waals surface area contributed by atoms with Crippen molar-refractivity contribution >= 4 is 23.4 Å². The summed E-state index contributed by atoms with van der Waals surface area (Å²) < 4.78 is 5.05. The smallest absolute Gasteiger partial charge is 0.304 e. The van der Waals surface area contributed by atoms with Gasteiger partial charge in [0.25, 0.3) is 0 Å². The summed E-state index contributed by atoms with van der Waals surface area (Å²) in [5.41, 5.74) is 6.38. The van der Waals surface area contributed by atoms with Gasteiger partial charge in [-0.05, 0) is 18.2 Å². The molecule has 0 saturated heterocycles. The van der Waals surface area contributed by atoms with Crippen molar-refractivity contribution in [2.45, 2.75) is 11.3 Å². The molecule has 0 aliphatic heterocycles. The number of anilines is 1. The highest BCUT2D eigenvalue weighted by molar-refractivity contribution is 7.99. The van der Waals surface area contributed by atoms with Crippen molar-refractivity contribution < 1.29 is 14.6 Å². The van der Waals surface area contributed by atoms with Gasteiger partial charge in [-0.15, -0.1) is 11.8 Å². The molecule has 0 aromatic heterocycles. The second-order valence-corrected chi connectivity index (χ2v) is 4.03. The minimum absolute atomic E-state index is 0.126. The lowest BCUT2D eigenvalue weighted by atomic mass is 10.3. The number of carbonyl (C=O) groups is 1. The molecule has 0 radical (unpaired) electrons. The van der Waals surface area contributed by atoms with Crippen molar-refractivity contribution in [3.63, 3.8) is 0 Å². The second kappa shape index (κ2) is 5.50. The quantitative estimate of drug-likeness (QED) is 0.593. The lowest BCUT2D eigenvalue weighted by Crippen LogP contribution is -1.97. The highest BCUT2D eigenvalue weighted by Crippen LogP contribution is 2.29. The van der Waals surface area contributed by atoms with E-state index < -0.39 is 5.97 Å². The van der Waals surface area contributed by atoms with Crippen LogP contribution in [0.25, 0.3) is 0 Å². The van der Waals surface area contributed by atoms with Gasteiger partial charge >= 0.3 is 5.97 Å². The van der Waals surface area contributed by atoms with Crippen LogP contribution in [0, 0.1) is 0 Å². The number of aliphatic carboxylic acids is 1. The standard InChI is InChI=1S/C10H13NO3S/c1-14-7-2-3-8(11)9(6-7)15-5-4-10(12)13/h2-3,6H,4-5,11H2,1H3,(H,12,13). The van der Waals surface area contributed by atoms with Crippen molar-refractivity contribution in [1.82, 2.24) is 0 Å². The van der Waals surface area contributed by atoms with Gasteiger partial charge in [0.2, 0.25) is 0 Å². The topological polar surface area (TPSA) is 72.5 Å². The van der Waals surface area contributed by atoms with Gasteiger partial charge in [0.1, 0.15) is 5.75 Å². The van der Waals surface area contributed by atoms with E-state index in [9.17, 15) is 4.79 Å². The molecule has 82 valence electrons. The van der Waals surface area contributed by atoms with Crippen LogP contribution in [0.5, 0.6) is 5.75 Å². The molecular weight excluding hydrogens is 214 g/mol. The number of rotatable bonds is 5. The van der Waals surface area contributed by atoms with Crippen LogP contribution in [-0.2, 0) is 4.79 Å². The fourth-order valence-corrected chi connectivity index (χ4v) is 1.95. The molecule has 0 bridgehead atoms. The fraction of sp³-hybridized carbons (Fsp3) is 0.300. The molecule has 0 unspecified atom stereocenters. The lowest BCUT2D eigenvalue weighted by Gasteiger charge is -2.06. The molecule has 1 aromatic carbocycles. The predicted octanol–water partition coefficient (Wildman–Crippen LogP) is 1.84. The Labute approximate surface area is 92.4 Å². The monoisotopic (exact) mass is 227 g/mol. The summed E-state index contributed by atoms with van der Waals surface area (Å²) in [6.07, 6.45) is 0.126. The number of nitrogen functional groups attached to an aromatic ring is 1. The number of hydrogen-bond donors (Lipinski definition) is 2. The Morgan fingerprint density at radius 1 is 1.60 bits per heavy atom. The molecule has 0 aliphatic rings. The Morgan fingerprint density at radius 2 is 2.33 bits per heavy atom. The zero-order valence-corrected chi connectivity index (χ0v) is 9.21. The molecule has 0 aliphatic carbocycles. The van der Waals surface area contributed by atoms with E-state index >= 15 is 0 Å². The molecule has 5 heteroatoms. The first-order valence-corrected chi connectivity index (χ1v) is 5.40. The minimum Gasteiger partial charge on any atom is -0.497 e. The first-order chi connectivity index (χ1) is 7.13. The Bertz CT molecular complexity index is 355. The van der Waals surface area contributed by atoms with E-state index in [0.717, 1.165) is 10.6 Å². The Kier molecular flexibility index (Phi) is 4.30. The zero-order chi connectivity index (χ0) is 11.3. The van der Waals surface area contributed by atoms with E-state index in [-0.39, 0.29) is 6.42 Å². The summed E-state index contributed by atoms with van der Waals surface area (Å²) in [5, 5.41) is 8.49. The van der Waals surface area contributed by atoms with Gasteiger partial charge in [0.15, 0.2) is 0 Å². The number of carboxylic acids is 1. The maximum absolute atomic E-state index is 10.3. The molecule has 4 nitrogen and oxygen atoms in total. The molecule has 1 aromatic rings. The molecule has 3 N–H and O–H groups in total. The molecular formula is C10H13NO3S. The molecule has 0 saturated carbocycles. The van der Waals surface area contributed by atoms with Crippen LogP contribution in [0.3, 0.4) is 0 Å². The van der Waals surface area contributed by atoms with Crippen molar-refractivity contribution in [3.8, 4) is 5.75 Å². The second-order valence-electron chi connectivity index (χ2n) is 2.90. The van der Waals surface area contributed by atoms with Crippen LogP contribution in [0.1, 0.15) is 6.42 Å². The maximum atomic E-state index is 10.3. The molecule has 15 heavy (non-hydrogen) atoms. The van der Waals surface area contributed by atoms with Crippen LogP contribution < -0.4 is 10.5 Å². The summed E-state index contributed by atoms with van der Waals surface area (Å²) in [4.78, 5) is 11.2. The van der Waals surface area contributed by atoms with Crippen LogP contribution in [-0.4, -0.2) is 23.9 Å². The highest BCUT2D eigenvalue weighted by Gasteiger charge is 2.03. The van der Waals surface area contributed by atoms with Crippen molar-refractivity contribution in [2.75, 3.05) is 18.6 Å². The molecule has 0 amide bonds. The normalized spacial score (nSPS) is 9.93. The summed E-state index contributed by atoms with van der Waals surface area (Å²) in [5.74, 6) is 0.429. The van der Waals surface area contributed by atoms with Crippen molar-refractivity contribution in [2.24, 2.45) is 0 Å². The molecule has 0 atom stereocenters. The number of benzene rings is 1. The molecule has 0 fully saturated rings. The summed E-state index contributed by atoms with van der Waals surface area (Å²) in [6, 6.07) is 5.33. The average Bonchev–Trinajstić information content (AvgIpc) is 2.20. The van der Waals surface area contributed by atoms with Crippen LogP contribution in [0.4, 0.5) is 5.69 Å². The van der Waals surface area contributed by atoms with Crippen molar-refractivity contribution in [3.05, 3.63) is 18.2 Å². The predicted molar refractivity (Wildman–Crippen MR) is 60.4 cm³/mol. The first-order valence-electron chi connectivity index (χ1n) is 4.41. The number of ether oxygens (including phenoxy) is 1. The number of nitrogens with two attached hydrogens (primary N) is 1. The fourth-order valence-electron chi connectivity index (χ4n) is 1.01. The van der Waals surface area contributed by atoms with Crippen LogP contribution in [0.15, 0.2) is 23.1 Å². The average molecular weight is 227 g/mol.